The predicted molar refractivity (Wildman–Crippen MR) is 115 cm³/mol. The van der Waals surface area contributed by atoms with Crippen LogP contribution in [0.3, 0.4) is 0 Å². The lowest BCUT2D eigenvalue weighted by Crippen LogP contribution is -2.52. The summed E-state index contributed by atoms with van der Waals surface area (Å²) >= 11 is 0. The maximum atomic E-state index is 14.6. The number of fused-ring (bicyclic) bond motifs is 1. The summed E-state index contributed by atoms with van der Waals surface area (Å²) in [6.07, 6.45) is 5.49. The Bertz CT molecular complexity index is 1200. The van der Waals surface area contributed by atoms with Crippen molar-refractivity contribution in [2.75, 3.05) is 32.6 Å². The summed E-state index contributed by atoms with van der Waals surface area (Å²) in [7, 11) is 3.06. The second kappa shape index (κ2) is 8.55. The molecule has 1 N–H and O–H groups in total. The first-order valence-corrected chi connectivity index (χ1v) is 9.90. The van der Waals surface area contributed by atoms with E-state index in [1.807, 2.05) is 0 Å². The second-order valence-electron chi connectivity index (χ2n) is 7.57. The first kappa shape index (κ1) is 21.7. The average Bonchev–Trinajstić information content (AvgIpc) is 2.76. The van der Waals surface area contributed by atoms with Gasteiger partial charge in [0.25, 0.3) is 5.92 Å². The lowest BCUT2D eigenvalue weighted by atomic mass is 10.0. The first-order chi connectivity index (χ1) is 15.3. The first-order valence-electron chi connectivity index (χ1n) is 9.90. The quantitative estimate of drug-likeness (QED) is 0.597. The van der Waals surface area contributed by atoms with E-state index < -0.39 is 24.4 Å². The Morgan fingerprint density at radius 3 is 2.78 bits per heavy atom. The Morgan fingerprint density at radius 2 is 2.06 bits per heavy atom. The van der Waals surface area contributed by atoms with E-state index >= 15 is 0 Å². The molecule has 1 aromatic heterocycles. The number of piperidine rings is 1. The summed E-state index contributed by atoms with van der Waals surface area (Å²) in [6.45, 7) is 0.0884. The van der Waals surface area contributed by atoms with Crippen LogP contribution in [0.2, 0.25) is 0 Å². The van der Waals surface area contributed by atoms with Crippen molar-refractivity contribution in [2.45, 2.75) is 18.4 Å². The highest BCUT2D eigenvalue weighted by Crippen LogP contribution is 2.38. The molecule has 0 saturated carbocycles. The number of likely N-dealkylation sites (tertiary alicyclic amines) is 1. The highest BCUT2D eigenvalue weighted by atomic mass is 19.3. The van der Waals surface area contributed by atoms with Gasteiger partial charge in [-0.3, -0.25) is 0 Å². The van der Waals surface area contributed by atoms with E-state index in [1.165, 1.54) is 31.6 Å². The fourth-order valence-electron chi connectivity index (χ4n) is 3.67. The highest BCUT2D eigenvalue weighted by molar-refractivity contribution is 5.93. The van der Waals surface area contributed by atoms with Crippen molar-refractivity contribution in [3.63, 3.8) is 0 Å². The van der Waals surface area contributed by atoms with E-state index in [9.17, 15) is 13.2 Å². The van der Waals surface area contributed by atoms with Crippen molar-refractivity contribution in [3.8, 4) is 23.8 Å². The van der Waals surface area contributed by atoms with Gasteiger partial charge in [-0.2, -0.15) is 0 Å². The summed E-state index contributed by atoms with van der Waals surface area (Å²) in [6, 6.07) is 7.71. The molecule has 0 aliphatic carbocycles. The maximum absolute atomic E-state index is 14.6. The summed E-state index contributed by atoms with van der Waals surface area (Å²) in [4.78, 5) is 9.96. The number of methoxy groups -OCH3 is 1. The molecule has 1 aliphatic rings. The van der Waals surface area contributed by atoms with E-state index in [4.69, 9.17) is 15.9 Å². The molecule has 4 rings (SSSR count). The van der Waals surface area contributed by atoms with Crippen LogP contribution in [0.1, 0.15) is 12.0 Å². The van der Waals surface area contributed by atoms with Crippen molar-refractivity contribution in [1.29, 1.82) is 0 Å². The van der Waals surface area contributed by atoms with Gasteiger partial charge in [0.2, 0.25) is 0 Å². The van der Waals surface area contributed by atoms with Crippen LogP contribution in [-0.4, -0.2) is 54.1 Å². The van der Waals surface area contributed by atoms with Gasteiger partial charge < -0.3 is 19.7 Å². The monoisotopic (exact) mass is 442 g/mol. The molecule has 166 valence electrons. The summed E-state index contributed by atoms with van der Waals surface area (Å²) in [5.41, 5.74) is 0.694. The Labute approximate surface area is 183 Å². The van der Waals surface area contributed by atoms with E-state index in [0.29, 0.717) is 17.4 Å². The predicted octanol–water partition coefficient (Wildman–Crippen LogP) is 4.22. The number of nitrogens with zero attached hydrogens (tertiary/aromatic N) is 3. The third kappa shape index (κ3) is 4.14. The number of hydrogen-bond donors (Lipinski definition) is 1. The van der Waals surface area contributed by atoms with Gasteiger partial charge in [-0.1, -0.05) is 12.0 Å². The summed E-state index contributed by atoms with van der Waals surface area (Å²) < 4.78 is 54.7. The van der Waals surface area contributed by atoms with E-state index in [0.717, 1.165) is 0 Å². The minimum atomic E-state index is -3.03. The number of halogens is 3. The molecule has 1 fully saturated rings. The van der Waals surface area contributed by atoms with Gasteiger partial charge in [0.15, 0.2) is 23.4 Å². The molecule has 9 heteroatoms. The number of terminal acetylenes is 1. The van der Waals surface area contributed by atoms with Crippen molar-refractivity contribution < 1.29 is 22.6 Å². The molecule has 0 bridgehead atoms. The largest absolute Gasteiger partial charge is 0.493 e. The third-order valence-electron chi connectivity index (χ3n) is 5.32. The third-order valence-corrected chi connectivity index (χ3v) is 5.32. The summed E-state index contributed by atoms with van der Waals surface area (Å²) in [5, 5.41) is 3.36. The topological polar surface area (TPSA) is 59.5 Å². The number of benzene rings is 2. The Hall–Kier alpha value is -3.51. The van der Waals surface area contributed by atoms with E-state index in [-0.39, 0.29) is 35.0 Å². The van der Waals surface area contributed by atoms with Crippen LogP contribution in [-0.2, 0) is 0 Å². The lowest BCUT2D eigenvalue weighted by Gasteiger charge is -2.36. The van der Waals surface area contributed by atoms with Gasteiger partial charge in [-0.15, -0.1) is 6.42 Å². The molecule has 32 heavy (non-hydrogen) atoms. The zero-order valence-corrected chi connectivity index (χ0v) is 17.5. The number of rotatable bonds is 5. The van der Waals surface area contributed by atoms with Gasteiger partial charge in [0.1, 0.15) is 12.1 Å². The number of anilines is 2. The van der Waals surface area contributed by atoms with Crippen molar-refractivity contribution in [1.82, 2.24) is 14.9 Å². The van der Waals surface area contributed by atoms with Gasteiger partial charge in [0.05, 0.1) is 30.4 Å². The molecular formula is C23H21F3N4O2. The number of hydrogen-bond acceptors (Lipinski definition) is 6. The van der Waals surface area contributed by atoms with Gasteiger partial charge in [-0.25, -0.2) is 23.1 Å². The van der Waals surface area contributed by atoms with E-state index in [1.54, 1.807) is 24.1 Å². The Morgan fingerprint density at radius 1 is 1.25 bits per heavy atom. The minimum Gasteiger partial charge on any atom is -0.493 e. The highest BCUT2D eigenvalue weighted by Gasteiger charge is 2.45. The lowest BCUT2D eigenvalue weighted by molar-refractivity contribution is -0.135. The Kier molecular flexibility index (Phi) is 5.80. The molecule has 0 spiro atoms. The number of aromatic nitrogens is 2. The molecule has 1 aliphatic heterocycles. The number of alkyl halides is 2. The standard InChI is InChI=1S/C23H21F3N4O2/c1-4-14-6-5-7-16(21(14)24)29-22-15-10-19(18(31-3)11-17(15)27-13-28-22)32-20-8-9-30(2)12-23(20,25)26/h1,5-7,10-11,13,20H,8-9,12H2,2-3H3,(H,27,28,29)/t20-/m0/s1. The van der Waals surface area contributed by atoms with Crippen LogP contribution in [0.4, 0.5) is 24.7 Å². The van der Waals surface area contributed by atoms with E-state index in [2.05, 4.69) is 21.2 Å². The zero-order valence-electron chi connectivity index (χ0n) is 17.5. The molecule has 6 nitrogen and oxygen atoms in total. The molecule has 1 atom stereocenters. The van der Waals surface area contributed by atoms with Crippen LogP contribution in [0.15, 0.2) is 36.7 Å². The SMILES string of the molecule is C#Cc1cccc(Nc2ncnc3cc(OC)c(O[C@H]4CCN(C)CC4(F)F)cc23)c1F. The molecule has 0 unspecified atom stereocenters. The van der Waals surface area contributed by atoms with Gasteiger partial charge >= 0.3 is 0 Å². The molecular weight excluding hydrogens is 421 g/mol. The molecule has 0 amide bonds. The smallest absolute Gasteiger partial charge is 0.296 e. The molecule has 1 saturated heterocycles. The zero-order chi connectivity index (χ0) is 22.9. The molecule has 0 radical (unpaired) electrons. The van der Waals surface area contributed by atoms with Crippen LogP contribution in [0, 0.1) is 18.2 Å². The summed E-state index contributed by atoms with van der Waals surface area (Å²) in [5.74, 6) is -0.687. The molecule has 2 heterocycles. The van der Waals surface area contributed by atoms with Gasteiger partial charge in [-0.05, 0) is 25.2 Å². The Balaban J connectivity index is 1.73. The van der Waals surface area contributed by atoms with Crippen molar-refractivity contribution in [2.24, 2.45) is 0 Å². The van der Waals surface area contributed by atoms with Crippen LogP contribution in [0.5, 0.6) is 11.5 Å². The fourth-order valence-corrected chi connectivity index (χ4v) is 3.67. The van der Waals surface area contributed by atoms with Crippen molar-refractivity contribution >= 4 is 22.4 Å². The second-order valence-corrected chi connectivity index (χ2v) is 7.57. The molecule has 3 aromatic rings. The number of ether oxygens (including phenoxy) is 2. The van der Waals surface area contributed by atoms with Crippen LogP contribution >= 0.6 is 0 Å². The average molecular weight is 442 g/mol. The van der Waals surface area contributed by atoms with Crippen LogP contribution in [0.25, 0.3) is 10.9 Å². The van der Waals surface area contributed by atoms with Crippen LogP contribution < -0.4 is 14.8 Å². The maximum Gasteiger partial charge on any atom is 0.296 e. The fraction of sp³-hybridized carbons (Fsp3) is 0.304. The minimum absolute atomic E-state index is 0.101. The number of nitrogens with one attached hydrogen (secondary N) is 1. The molecule has 2 aromatic carbocycles. The van der Waals surface area contributed by atoms with Crippen molar-refractivity contribution in [3.05, 3.63) is 48.0 Å². The van der Waals surface area contributed by atoms with Gasteiger partial charge in [0, 0.05) is 24.4 Å². The normalized spacial score (nSPS) is 18.2.